The smallest absolute Gasteiger partial charge is 0.141 e. The molecule has 0 radical (unpaired) electrons. The van der Waals surface area contributed by atoms with E-state index in [9.17, 15) is 9.50 Å². The van der Waals surface area contributed by atoms with E-state index in [-0.39, 0.29) is 0 Å². The SMILES string of the molecule is CCC(O)(CCc1cnn(C)c1)c1ccc(F)cn1. The zero-order valence-electron chi connectivity index (χ0n) is 11.2. The minimum atomic E-state index is -1.02. The molecule has 1 atom stereocenters. The third kappa shape index (κ3) is 3.17. The van der Waals surface area contributed by atoms with Crippen LogP contribution in [0.25, 0.3) is 0 Å². The second kappa shape index (κ2) is 5.48. The van der Waals surface area contributed by atoms with Crippen LogP contribution in [-0.2, 0) is 19.1 Å². The summed E-state index contributed by atoms with van der Waals surface area (Å²) in [5, 5.41) is 14.7. The van der Waals surface area contributed by atoms with Crippen molar-refractivity contribution in [1.82, 2.24) is 14.8 Å². The van der Waals surface area contributed by atoms with Gasteiger partial charge in [-0.1, -0.05) is 6.92 Å². The molecule has 2 aromatic heterocycles. The molecule has 0 saturated heterocycles. The van der Waals surface area contributed by atoms with Crippen molar-refractivity contribution in [1.29, 1.82) is 0 Å². The van der Waals surface area contributed by atoms with Crippen LogP contribution in [0, 0.1) is 5.82 Å². The summed E-state index contributed by atoms with van der Waals surface area (Å²) in [4.78, 5) is 3.99. The molecule has 0 aromatic carbocycles. The van der Waals surface area contributed by atoms with Gasteiger partial charge in [-0.2, -0.15) is 5.10 Å². The molecule has 0 saturated carbocycles. The first-order valence-electron chi connectivity index (χ1n) is 6.35. The Labute approximate surface area is 111 Å². The van der Waals surface area contributed by atoms with Crippen molar-refractivity contribution in [2.24, 2.45) is 7.05 Å². The number of rotatable bonds is 5. The Hall–Kier alpha value is -1.75. The van der Waals surface area contributed by atoms with Crippen molar-refractivity contribution in [3.8, 4) is 0 Å². The van der Waals surface area contributed by atoms with E-state index in [1.54, 1.807) is 16.9 Å². The first-order chi connectivity index (χ1) is 9.03. The maximum atomic E-state index is 12.9. The number of nitrogens with zero attached hydrogens (tertiary/aromatic N) is 3. The number of aliphatic hydroxyl groups is 1. The van der Waals surface area contributed by atoms with Gasteiger partial charge >= 0.3 is 0 Å². The van der Waals surface area contributed by atoms with Crippen molar-refractivity contribution >= 4 is 0 Å². The predicted molar refractivity (Wildman–Crippen MR) is 69.9 cm³/mol. The number of pyridine rings is 1. The fourth-order valence-corrected chi connectivity index (χ4v) is 2.09. The maximum absolute atomic E-state index is 12.9. The van der Waals surface area contributed by atoms with Crippen molar-refractivity contribution in [2.75, 3.05) is 0 Å². The molecule has 0 spiro atoms. The zero-order chi connectivity index (χ0) is 13.9. The highest BCUT2D eigenvalue weighted by Crippen LogP contribution is 2.28. The molecular formula is C14H18FN3O. The number of halogens is 1. The summed E-state index contributed by atoms with van der Waals surface area (Å²) in [5.74, 6) is -0.394. The minimum Gasteiger partial charge on any atom is -0.384 e. The van der Waals surface area contributed by atoms with Crippen molar-refractivity contribution in [3.05, 3.63) is 47.8 Å². The Balaban J connectivity index is 2.11. The van der Waals surface area contributed by atoms with E-state index in [1.807, 2.05) is 20.2 Å². The molecule has 1 N–H and O–H groups in total. The number of aryl methyl sites for hydroxylation is 2. The maximum Gasteiger partial charge on any atom is 0.141 e. The molecule has 0 bridgehead atoms. The monoisotopic (exact) mass is 263 g/mol. The third-order valence-corrected chi connectivity index (χ3v) is 3.37. The quantitative estimate of drug-likeness (QED) is 0.899. The molecule has 102 valence electrons. The number of hydrogen-bond donors (Lipinski definition) is 1. The Kier molecular flexibility index (Phi) is 3.95. The van der Waals surface area contributed by atoms with E-state index in [4.69, 9.17) is 0 Å². The fraction of sp³-hybridized carbons (Fsp3) is 0.429. The van der Waals surface area contributed by atoms with Crippen molar-refractivity contribution in [2.45, 2.75) is 31.8 Å². The van der Waals surface area contributed by atoms with E-state index in [2.05, 4.69) is 10.1 Å². The van der Waals surface area contributed by atoms with E-state index in [1.165, 1.54) is 6.07 Å². The second-order valence-corrected chi connectivity index (χ2v) is 4.77. The number of aromatic nitrogens is 3. The average Bonchev–Trinajstić information content (AvgIpc) is 2.83. The summed E-state index contributed by atoms with van der Waals surface area (Å²) in [6.07, 6.45) is 6.62. The molecule has 0 fully saturated rings. The van der Waals surface area contributed by atoms with Crippen LogP contribution in [0.3, 0.4) is 0 Å². The van der Waals surface area contributed by atoms with Gasteiger partial charge in [0, 0.05) is 13.2 Å². The minimum absolute atomic E-state index is 0.394. The summed E-state index contributed by atoms with van der Waals surface area (Å²) in [6, 6.07) is 2.87. The molecule has 2 heterocycles. The molecule has 1 unspecified atom stereocenters. The van der Waals surface area contributed by atoms with Gasteiger partial charge in [0.05, 0.1) is 18.1 Å². The molecule has 19 heavy (non-hydrogen) atoms. The molecular weight excluding hydrogens is 245 g/mol. The van der Waals surface area contributed by atoms with Gasteiger partial charge in [0.15, 0.2) is 0 Å². The Morgan fingerprint density at radius 2 is 2.16 bits per heavy atom. The molecule has 2 aromatic rings. The normalized spacial score (nSPS) is 14.3. The van der Waals surface area contributed by atoms with Crippen molar-refractivity contribution < 1.29 is 9.50 Å². The highest BCUT2D eigenvalue weighted by Gasteiger charge is 2.28. The zero-order valence-corrected chi connectivity index (χ0v) is 11.2. The summed E-state index contributed by atoms with van der Waals surface area (Å²) in [7, 11) is 1.86. The topological polar surface area (TPSA) is 50.9 Å². The summed E-state index contributed by atoms with van der Waals surface area (Å²) >= 11 is 0. The lowest BCUT2D eigenvalue weighted by Crippen LogP contribution is -2.26. The van der Waals surface area contributed by atoms with Crippen LogP contribution >= 0.6 is 0 Å². The molecule has 4 nitrogen and oxygen atoms in total. The third-order valence-electron chi connectivity index (χ3n) is 3.37. The van der Waals surface area contributed by atoms with E-state index in [0.29, 0.717) is 25.0 Å². The van der Waals surface area contributed by atoms with Gasteiger partial charge in [-0.25, -0.2) is 4.39 Å². The molecule has 0 aliphatic carbocycles. The van der Waals surface area contributed by atoms with Gasteiger partial charge in [-0.05, 0) is 37.0 Å². The van der Waals surface area contributed by atoms with Crippen molar-refractivity contribution in [3.63, 3.8) is 0 Å². The summed E-state index contributed by atoms with van der Waals surface area (Å²) in [5.41, 5.74) is 0.556. The summed E-state index contributed by atoms with van der Waals surface area (Å²) in [6.45, 7) is 1.90. The van der Waals surface area contributed by atoms with Gasteiger partial charge in [0.1, 0.15) is 11.4 Å². The first-order valence-corrected chi connectivity index (χ1v) is 6.35. The van der Waals surface area contributed by atoms with Gasteiger partial charge in [-0.3, -0.25) is 9.67 Å². The highest BCUT2D eigenvalue weighted by atomic mass is 19.1. The van der Waals surface area contributed by atoms with Crippen LogP contribution in [0.1, 0.15) is 31.0 Å². The highest BCUT2D eigenvalue weighted by molar-refractivity contribution is 5.15. The van der Waals surface area contributed by atoms with Gasteiger partial charge in [0.25, 0.3) is 0 Å². The molecule has 5 heteroatoms. The van der Waals surface area contributed by atoms with Gasteiger partial charge in [-0.15, -0.1) is 0 Å². The Morgan fingerprint density at radius 3 is 2.68 bits per heavy atom. The molecule has 0 amide bonds. The Morgan fingerprint density at radius 1 is 1.37 bits per heavy atom. The molecule has 0 aliphatic rings. The lowest BCUT2D eigenvalue weighted by molar-refractivity contribution is 0.0192. The first kappa shape index (κ1) is 13.7. The van der Waals surface area contributed by atoms with E-state index < -0.39 is 11.4 Å². The van der Waals surface area contributed by atoms with E-state index in [0.717, 1.165) is 11.8 Å². The lowest BCUT2D eigenvalue weighted by Gasteiger charge is -2.26. The second-order valence-electron chi connectivity index (χ2n) is 4.77. The van der Waals surface area contributed by atoms with Crippen LogP contribution in [0.5, 0.6) is 0 Å². The lowest BCUT2D eigenvalue weighted by atomic mass is 9.89. The van der Waals surface area contributed by atoms with Crippen LogP contribution < -0.4 is 0 Å². The predicted octanol–water partition coefficient (Wildman–Crippen LogP) is 2.18. The van der Waals surface area contributed by atoms with Gasteiger partial charge in [0.2, 0.25) is 0 Å². The standard InChI is InChI=1S/C14H18FN3O/c1-3-14(19,13-5-4-12(15)9-16-13)7-6-11-8-17-18(2)10-11/h4-5,8-10,19H,3,6-7H2,1-2H3. The fourth-order valence-electron chi connectivity index (χ4n) is 2.09. The average molecular weight is 263 g/mol. The van der Waals surface area contributed by atoms with Crippen LogP contribution in [0.2, 0.25) is 0 Å². The molecule has 0 aliphatic heterocycles. The van der Waals surface area contributed by atoms with Crippen LogP contribution in [0.15, 0.2) is 30.7 Å². The molecule has 2 rings (SSSR count). The van der Waals surface area contributed by atoms with Crippen LogP contribution in [0.4, 0.5) is 4.39 Å². The van der Waals surface area contributed by atoms with Crippen LogP contribution in [-0.4, -0.2) is 19.9 Å². The number of hydrogen-bond acceptors (Lipinski definition) is 3. The van der Waals surface area contributed by atoms with E-state index >= 15 is 0 Å². The van der Waals surface area contributed by atoms with Gasteiger partial charge < -0.3 is 5.11 Å². The largest absolute Gasteiger partial charge is 0.384 e. The Bertz CT molecular complexity index is 538. The summed E-state index contributed by atoms with van der Waals surface area (Å²) < 4.78 is 14.6.